The first-order chi connectivity index (χ1) is 20.5. The van der Waals surface area contributed by atoms with E-state index in [1.807, 2.05) is 0 Å². The number of nitrogens with zero attached hydrogens (tertiary/aromatic N) is 2. The topological polar surface area (TPSA) is 97.3 Å². The first-order valence-corrected chi connectivity index (χ1v) is 16.0. The highest BCUT2D eigenvalue weighted by Gasteiger charge is 2.27. The molecule has 0 saturated carbocycles. The minimum atomic E-state index is -4.10. The Hall–Kier alpha value is -3.28. The van der Waals surface area contributed by atoms with Crippen LogP contribution < -0.4 is 19.2 Å². The number of nitrogens with one attached hydrogen (secondary N) is 1. The highest BCUT2D eigenvalue weighted by Crippen LogP contribution is 2.37. The van der Waals surface area contributed by atoms with Crippen molar-refractivity contribution in [3.05, 3.63) is 115 Å². The lowest BCUT2D eigenvalue weighted by molar-refractivity contribution is -0.119. The Bertz CT molecular complexity index is 1770. The van der Waals surface area contributed by atoms with Crippen LogP contribution in [0.1, 0.15) is 16.7 Å². The summed E-state index contributed by atoms with van der Waals surface area (Å²) in [4.78, 5) is 13.0. The van der Waals surface area contributed by atoms with Crippen LogP contribution in [0.3, 0.4) is 0 Å². The Balaban J connectivity index is 1.50. The Kier molecular flexibility index (Phi) is 11.0. The number of anilines is 1. The van der Waals surface area contributed by atoms with Crippen LogP contribution in [-0.4, -0.2) is 34.2 Å². The van der Waals surface area contributed by atoms with E-state index in [0.29, 0.717) is 36.6 Å². The molecule has 8 nitrogen and oxygen atoms in total. The van der Waals surface area contributed by atoms with Crippen molar-refractivity contribution in [2.24, 2.45) is 5.10 Å². The maximum Gasteiger partial charge on any atom is 0.264 e. The van der Waals surface area contributed by atoms with Crippen molar-refractivity contribution in [3.63, 3.8) is 0 Å². The molecule has 4 aromatic carbocycles. The smallest absolute Gasteiger partial charge is 0.264 e. The van der Waals surface area contributed by atoms with Gasteiger partial charge in [0.15, 0.2) is 11.5 Å². The number of hydrogen-bond acceptors (Lipinski definition) is 6. The lowest BCUT2D eigenvalue weighted by atomic mass is 10.2. The number of methoxy groups -OCH3 is 1. The number of benzene rings is 4. The predicted octanol–water partition coefficient (Wildman–Crippen LogP) is 7.65. The van der Waals surface area contributed by atoms with E-state index < -0.39 is 22.5 Å². The third kappa shape index (κ3) is 8.21. The number of sulfonamides is 1. The normalized spacial score (nSPS) is 11.4. The molecule has 1 N–H and O–H groups in total. The highest BCUT2D eigenvalue weighted by molar-refractivity contribution is 9.10. The quantitative estimate of drug-likeness (QED) is 0.127. The van der Waals surface area contributed by atoms with E-state index in [-0.39, 0.29) is 17.2 Å². The minimum Gasteiger partial charge on any atom is -0.493 e. The molecule has 0 atom stereocenters. The molecular weight excluding hydrogens is 701 g/mol. The van der Waals surface area contributed by atoms with E-state index in [4.69, 9.17) is 44.3 Å². The molecule has 0 unspecified atom stereocenters. The van der Waals surface area contributed by atoms with Gasteiger partial charge in [0.25, 0.3) is 15.9 Å². The molecule has 4 aromatic rings. The maximum absolute atomic E-state index is 13.5. The van der Waals surface area contributed by atoms with Crippen molar-refractivity contribution in [2.45, 2.75) is 18.4 Å². The van der Waals surface area contributed by atoms with Crippen LogP contribution in [0.15, 0.2) is 93.3 Å². The minimum absolute atomic E-state index is 0.0283. The molecule has 0 fully saturated rings. The zero-order valence-electron chi connectivity index (χ0n) is 22.9. The van der Waals surface area contributed by atoms with Crippen LogP contribution in [-0.2, 0) is 21.4 Å². The molecular formula is C30H25BrCl3N3O5S. The number of halogens is 4. The van der Waals surface area contributed by atoms with E-state index >= 15 is 0 Å². The van der Waals surface area contributed by atoms with Gasteiger partial charge < -0.3 is 9.47 Å². The molecule has 0 heterocycles. The van der Waals surface area contributed by atoms with E-state index in [2.05, 4.69) is 26.5 Å². The fraction of sp³-hybridized carbons (Fsp3) is 0.133. The summed E-state index contributed by atoms with van der Waals surface area (Å²) in [5.41, 5.74) is 4.70. The lowest BCUT2D eigenvalue weighted by Gasteiger charge is -2.24. The van der Waals surface area contributed by atoms with Crippen LogP contribution in [0.5, 0.6) is 11.5 Å². The van der Waals surface area contributed by atoms with Crippen molar-refractivity contribution in [1.82, 2.24) is 5.43 Å². The zero-order chi connectivity index (χ0) is 31.1. The third-order valence-electron chi connectivity index (χ3n) is 6.10. The maximum atomic E-state index is 13.5. The summed E-state index contributed by atoms with van der Waals surface area (Å²) < 4.78 is 40.0. The van der Waals surface area contributed by atoms with E-state index in [1.54, 1.807) is 67.6 Å². The Labute approximate surface area is 273 Å². The van der Waals surface area contributed by atoms with Gasteiger partial charge >= 0.3 is 0 Å². The molecule has 0 aliphatic heterocycles. The van der Waals surface area contributed by atoms with Gasteiger partial charge in [-0.1, -0.05) is 65.1 Å². The van der Waals surface area contributed by atoms with E-state index in [9.17, 15) is 13.2 Å². The number of aryl methyl sites for hydroxylation is 1. The molecule has 4 rings (SSSR count). The molecule has 1 amide bonds. The van der Waals surface area contributed by atoms with Crippen LogP contribution in [0.25, 0.3) is 0 Å². The fourth-order valence-electron chi connectivity index (χ4n) is 3.86. The fourth-order valence-corrected chi connectivity index (χ4v) is 6.51. The second kappa shape index (κ2) is 14.5. The first kappa shape index (κ1) is 32.6. The van der Waals surface area contributed by atoms with Crippen molar-refractivity contribution >= 4 is 78.6 Å². The monoisotopic (exact) mass is 723 g/mol. The summed E-state index contributed by atoms with van der Waals surface area (Å²) in [5.74, 6) is 0.176. The van der Waals surface area contributed by atoms with Crippen LogP contribution in [0, 0.1) is 6.92 Å². The Morgan fingerprint density at radius 1 is 1.00 bits per heavy atom. The second-order valence-corrected chi connectivity index (χ2v) is 13.1. The largest absolute Gasteiger partial charge is 0.493 e. The number of carbonyl (C=O) groups is 1. The van der Waals surface area contributed by atoms with Crippen molar-refractivity contribution < 1.29 is 22.7 Å². The van der Waals surface area contributed by atoms with Crippen LogP contribution >= 0.6 is 50.7 Å². The molecule has 0 aliphatic carbocycles. The molecule has 13 heteroatoms. The Morgan fingerprint density at radius 2 is 1.74 bits per heavy atom. The molecule has 0 spiro atoms. The number of ether oxygens (including phenoxy) is 2. The molecule has 0 aliphatic rings. The zero-order valence-corrected chi connectivity index (χ0v) is 27.5. The number of rotatable bonds is 11. The summed E-state index contributed by atoms with van der Waals surface area (Å²) in [6, 6.07) is 21.1. The average Bonchev–Trinajstić information content (AvgIpc) is 2.98. The Morgan fingerprint density at radius 3 is 2.42 bits per heavy atom. The summed E-state index contributed by atoms with van der Waals surface area (Å²) in [6.45, 7) is 1.43. The average molecular weight is 726 g/mol. The highest BCUT2D eigenvalue weighted by atomic mass is 79.9. The molecule has 0 aromatic heterocycles. The predicted molar refractivity (Wildman–Crippen MR) is 174 cm³/mol. The van der Waals surface area contributed by atoms with Gasteiger partial charge in [0.2, 0.25) is 0 Å². The van der Waals surface area contributed by atoms with Gasteiger partial charge in [-0.05, 0) is 82.5 Å². The van der Waals surface area contributed by atoms with Crippen molar-refractivity contribution in [3.8, 4) is 11.5 Å². The number of hydrogen-bond donors (Lipinski definition) is 1. The summed E-state index contributed by atoms with van der Waals surface area (Å²) in [6.07, 6.45) is 1.39. The van der Waals surface area contributed by atoms with E-state index in [1.165, 1.54) is 31.5 Å². The van der Waals surface area contributed by atoms with Gasteiger partial charge in [0.1, 0.15) is 13.2 Å². The molecule has 224 valence electrons. The summed E-state index contributed by atoms with van der Waals surface area (Å²) >= 11 is 22.0. The summed E-state index contributed by atoms with van der Waals surface area (Å²) in [5, 5.41) is 5.38. The number of hydrazone groups is 1. The number of carbonyl (C=O) groups excluding carboxylic acids is 1. The van der Waals surface area contributed by atoms with Gasteiger partial charge in [-0.25, -0.2) is 13.8 Å². The SMILES string of the molecule is COc1cc(/C=N/NC(=O)CN(c2ccc(C)c(Cl)c2)S(=O)(=O)c2ccccc2)cc(Br)c1OCc1ccc(Cl)cc1Cl. The van der Waals surface area contributed by atoms with Gasteiger partial charge in [-0.15, -0.1) is 0 Å². The standard InChI is InChI=1S/C30H25BrCl3N3O5S/c1-19-8-11-23(15-26(19)33)37(43(39,40)24-6-4-3-5-7-24)17-29(38)36-35-16-20-12-25(31)30(28(13-20)41-2)42-18-21-9-10-22(32)14-27(21)34/h3-16H,17-18H2,1-2H3,(H,36,38)/b35-16+. The van der Waals surface area contributed by atoms with Crippen molar-refractivity contribution in [1.29, 1.82) is 0 Å². The second-order valence-electron chi connectivity index (χ2n) is 9.11. The molecule has 0 saturated heterocycles. The van der Waals surface area contributed by atoms with Crippen molar-refractivity contribution in [2.75, 3.05) is 18.0 Å². The first-order valence-electron chi connectivity index (χ1n) is 12.6. The molecule has 0 radical (unpaired) electrons. The molecule has 0 bridgehead atoms. The number of amides is 1. The van der Waals surface area contributed by atoms with Gasteiger partial charge in [0.05, 0.1) is 28.4 Å². The van der Waals surface area contributed by atoms with E-state index in [0.717, 1.165) is 15.4 Å². The van der Waals surface area contributed by atoms with Crippen LogP contribution in [0.2, 0.25) is 15.1 Å². The lowest BCUT2D eigenvalue weighted by Crippen LogP contribution is -2.39. The molecule has 43 heavy (non-hydrogen) atoms. The summed E-state index contributed by atoms with van der Waals surface area (Å²) in [7, 11) is -2.60. The van der Waals surface area contributed by atoms with Crippen LogP contribution in [0.4, 0.5) is 5.69 Å². The van der Waals surface area contributed by atoms with Gasteiger partial charge in [0, 0.05) is 20.6 Å². The third-order valence-corrected chi connectivity index (χ3v) is 9.47. The van der Waals surface area contributed by atoms with Gasteiger partial charge in [-0.2, -0.15) is 5.10 Å². The van der Waals surface area contributed by atoms with Gasteiger partial charge in [-0.3, -0.25) is 9.10 Å².